The molecule has 25 heavy (non-hydrogen) atoms. The number of rotatable bonds is 5. The van der Waals surface area contributed by atoms with Gasteiger partial charge in [0.05, 0.1) is 6.42 Å². The molecule has 1 heterocycles. The van der Waals surface area contributed by atoms with Gasteiger partial charge in [-0.3, -0.25) is 19.3 Å². The van der Waals surface area contributed by atoms with Crippen LogP contribution in [0.15, 0.2) is 60.7 Å². The summed E-state index contributed by atoms with van der Waals surface area (Å²) in [6.07, 6.45) is 3.66. The predicted molar refractivity (Wildman–Crippen MR) is 92.6 cm³/mol. The number of benzene rings is 2. The van der Waals surface area contributed by atoms with Crippen LogP contribution in [-0.4, -0.2) is 35.8 Å². The first-order chi connectivity index (χ1) is 12.1. The Balaban J connectivity index is 1.55. The Hall–Kier alpha value is -3.21. The molecular weight excluding hydrogens is 318 g/mol. The van der Waals surface area contributed by atoms with Gasteiger partial charge in [0.1, 0.15) is 13.2 Å². The third kappa shape index (κ3) is 4.01. The van der Waals surface area contributed by atoms with Crippen molar-refractivity contribution in [3.05, 3.63) is 77.4 Å². The SMILES string of the molecule is O=C(CN1C(=O)Cc2ccccc2C1=O)OC/C=C/c1ccccc1. The second-order valence-electron chi connectivity index (χ2n) is 5.62. The van der Waals surface area contributed by atoms with Crippen molar-refractivity contribution in [3.8, 4) is 0 Å². The lowest BCUT2D eigenvalue weighted by Gasteiger charge is -2.25. The van der Waals surface area contributed by atoms with Gasteiger partial charge in [0.15, 0.2) is 0 Å². The monoisotopic (exact) mass is 335 g/mol. The summed E-state index contributed by atoms with van der Waals surface area (Å²) < 4.78 is 5.08. The van der Waals surface area contributed by atoms with Crippen molar-refractivity contribution in [2.24, 2.45) is 0 Å². The first kappa shape index (κ1) is 16.6. The summed E-state index contributed by atoms with van der Waals surface area (Å²) in [7, 11) is 0. The number of carbonyl (C=O) groups is 3. The molecule has 5 nitrogen and oxygen atoms in total. The zero-order valence-corrected chi connectivity index (χ0v) is 13.6. The highest BCUT2D eigenvalue weighted by molar-refractivity contribution is 6.11. The van der Waals surface area contributed by atoms with E-state index < -0.39 is 11.9 Å². The van der Waals surface area contributed by atoms with E-state index in [0.717, 1.165) is 10.5 Å². The summed E-state index contributed by atoms with van der Waals surface area (Å²) in [6, 6.07) is 16.5. The van der Waals surface area contributed by atoms with Gasteiger partial charge >= 0.3 is 5.97 Å². The highest BCUT2D eigenvalue weighted by Crippen LogP contribution is 2.19. The number of nitrogens with zero attached hydrogens (tertiary/aromatic N) is 1. The fraction of sp³-hybridized carbons (Fsp3) is 0.150. The summed E-state index contributed by atoms with van der Waals surface area (Å²) in [6.45, 7) is -0.286. The number of imide groups is 1. The molecule has 2 amide bonds. The van der Waals surface area contributed by atoms with Crippen LogP contribution in [0, 0.1) is 0 Å². The summed E-state index contributed by atoms with van der Waals surface area (Å²) in [5.74, 6) is -1.46. The highest BCUT2D eigenvalue weighted by Gasteiger charge is 2.32. The number of fused-ring (bicyclic) bond motifs is 1. The molecule has 2 aromatic carbocycles. The first-order valence-corrected chi connectivity index (χ1v) is 7.95. The van der Waals surface area contributed by atoms with Crippen LogP contribution in [-0.2, 0) is 20.7 Å². The van der Waals surface area contributed by atoms with Crippen LogP contribution in [0.5, 0.6) is 0 Å². The normalized spacial score (nSPS) is 13.8. The lowest BCUT2D eigenvalue weighted by Crippen LogP contribution is -2.45. The average Bonchev–Trinajstić information content (AvgIpc) is 2.63. The summed E-state index contributed by atoms with van der Waals surface area (Å²) in [5.41, 5.74) is 2.14. The lowest BCUT2D eigenvalue weighted by atomic mass is 9.98. The van der Waals surface area contributed by atoms with Crippen molar-refractivity contribution in [2.45, 2.75) is 6.42 Å². The van der Waals surface area contributed by atoms with Crippen molar-refractivity contribution in [1.29, 1.82) is 0 Å². The lowest BCUT2D eigenvalue weighted by molar-refractivity contribution is -0.146. The van der Waals surface area contributed by atoms with Crippen LogP contribution in [0.25, 0.3) is 6.08 Å². The second kappa shape index (κ2) is 7.57. The second-order valence-corrected chi connectivity index (χ2v) is 5.62. The maximum absolute atomic E-state index is 12.4. The van der Waals surface area contributed by atoms with E-state index in [-0.39, 0.29) is 25.5 Å². The molecule has 1 aliphatic heterocycles. The Kier molecular flexibility index (Phi) is 5.04. The van der Waals surface area contributed by atoms with Crippen LogP contribution in [0.2, 0.25) is 0 Å². The van der Waals surface area contributed by atoms with Crippen molar-refractivity contribution >= 4 is 23.9 Å². The molecule has 0 aliphatic carbocycles. The van der Waals surface area contributed by atoms with E-state index in [4.69, 9.17) is 4.74 Å². The third-order valence-corrected chi connectivity index (χ3v) is 3.87. The Morgan fingerprint density at radius 1 is 1.04 bits per heavy atom. The summed E-state index contributed by atoms with van der Waals surface area (Å²) >= 11 is 0. The van der Waals surface area contributed by atoms with Gasteiger partial charge in [-0.25, -0.2) is 0 Å². The van der Waals surface area contributed by atoms with Gasteiger partial charge in [-0.15, -0.1) is 0 Å². The minimum Gasteiger partial charge on any atom is -0.460 e. The number of hydrogen-bond donors (Lipinski definition) is 0. The van der Waals surface area contributed by atoms with E-state index in [0.29, 0.717) is 11.1 Å². The molecule has 0 fully saturated rings. The molecule has 0 spiro atoms. The molecule has 5 heteroatoms. The maximum Gasteiger partial charge on any atom is 0.326 e. The molecule has 0 saturated carbocycles. The molecule has 0 N–H and O–H groups in total. The van der Waals surface area contributed by atoms with E-state index in [2.05, 4.69) is 0 Å². The van der Waals surface area contributed by atoms with Gasteiger partial charge in [-0.2, -0.15) is 0 Å². The standard InChI is InChI=1S/C20H17NO4/c22-18-13-16-10-4-5-11-17(16)20(24)21(18)14-19(23)25-12-6-9-15-7-2-1-3-8-15/h1-11H,12-14H2/b9-6+. The fourth-order valence-electron chi connectivity index (χ4n) is 2.62. The van der Waals surface area contributed by atoms with Gasteiger partial charge in [0.2, 0.25) is 5.91 Å². The smallest absolute Gasteiger partial charge is 0.326 e. The molecule has 0 bridgehead atoms. The van der Waals surface area contributed by atoms with Gasteiger partial charge in [-0.05, 0) is 23.3 Å². The molecule has 2 aromatic rings. The molecule has 0 radical (unpaired) electrons. The molecule has 0 atom stereocenters. The Bertz CT molecular complexity index is 827. The first-order valence-electron chi connectivity index (χ1n) is 7.95. The minimum atomic E-state index is -0.612. The average molecular weight is 335 g/mol. The Morgan fingerprint density at radius 3 is 2.56 bits per heavy atom. The van der Waals surface area contributed by atoms with Gasteiger partial charge in [-0.1, -0.05) is 54.6 Å². The van der Waals surface area contributed by atoms with E-state index in [1.807, 2.05) is 36.4 Å². The number of ether oxygens (including phenoxy) is 1. The van der Waals surface area contributed by atoms with Crippen molar-refractivity contribution < 1.29 is 19.1 Å². The molecule has 126 valence electrons. The summed E-state index contributed by atoms with van der Waals surface area (Å²) in [4.78, 5) is 37.3. The van der Waals surface area contributed by atoms with Gasteiger partial charge < -0.3 is 4.74 Å². The van der Waals surface area contributed by atoms with Crippen molar-refractivity contribution in [3.63, 3.8) is 0 Å². The van der Waals surface area contributed by atoms with Crippen LogP contribution in [0.3, 0.4) is 0 Å². The zero-order chi connectivity index (χ0) is 17.6. The van der Waals surface area contributed by atoms with Gasteiger partial charge in [0, 0.05) is 5.56 Å². The Labute approximate surface area is 145 Å². The number of amides is 2. The van der Waals surface area contributed by atoms with E-state index in [1.165, 1.54) is 0 Å². The van der Waals surface area contributed by atoms with Gasteiger partial charge in [0.25, 0.3) is 5.91 Å². The van der Waals surface area contributed by atoms with Crippen molar-refractivity contribution in [1.82, 2.24) is 4.90 Å². The molecular formula is C20H17NO4. The largest absolute Gasteiger partial charge is 0.460 e. The van der Waals surface area contributed by atoms with Crippen LogP contribution < -0.4 is 0 Å². The highest BCUT2D eigenvalue weighted by atomic mass is 16.5. The minimum absolute atomic E-state index is 0.0839. The van der Waals surface area contributed by atoms with Crippen molar-refractivity contribution in [2.75, 3.05) is 13.2 Å². The van der Waals surface area contributed by atoms with Crippen LogP contribution in [0.1, 0.15) is 21.5 Å². The number of carbonyl (C=O) groups excluding carboxylic acids is 3. The van der Waals surface area contributed by atoms with Crippen LogP contribution in [0.4, 0.5) is 0 Å². The topological polar surface area (TPSA) is 63.7 Å². The van der Waals surface area contributed by atoms with E-state index in [9.17, 15) is 14.4 Å². The fourth-order valence-corrected chi connectivity index (χ4v) is 2.62. The molecule has 0 aromatic heterocycles. The van der Waals surface area contributed by atoms with Crippen LogP contribution >= 0.6 is 0 Å². The molecule has 3 rings (SSSR count). The molecule has 1 aliphatic rings. The third-order valence-electron chi connectivity index (χ3n) is 3.87. The maximum atomic E-state index is 12.4. The number of esters is 1. The number of hydrogen-bond acceptors (Lipinski definition) is 4. The summed E-state index contributed by atoms with van der Waals surface area (Å²) in [5, 5.41) is 0. The Morgan fingerprint density at radius 2 is 1.76 bits per heavy atom. The predicted octanol–water partition coefficient (Wildman–Crippen LogP) is 2.47. The zero-order valence-electron chi connectivity index (χ0n) is 13.6. The molecule has 0 saturated heterocycles. The van der Waals surface area contributed by atoms with E-state index in [1.54, 1.807) is 30.3 Å². The quantitative estimate of drug-likeness (QED) is 0.622. The molecule has 0 unspecified atom stereocenters. The van der Waals surface area contributed by atoms with E-state index >= 15 is 0 Å².